The smallest absolute Gasteiger partial charge is 0.300 e. The van der Waals surface area contributed by atoms with Gasteiger partial charge in [-0.05, 0) is 85.5 Å². The first-order valence-electron chi connectivity index (χ1n) is 12.4. The Hall–Kier alpha value is -4.38. The number of aliphatic hydroxyl groups is 1. The van der Waals surface area contributed by atoms with Crippen LogP contribution in [-0.2, 0) is 9.59 Å². The molecule has 0 spiro atoms. The lowest BCUT2D eigenvalue weighted by molar-refractivity contribution is -0.132. The number of rotatable bonds is 5. The van der Waals surface area contributed by atoms with Crippen LogP contribution in [0.1, 0.15) is 42.1 Å². The normalized spacial score (nSPS) is 17.1. The number of hydrogen-bond acceptors (Lipinski definition) is 4. The van der Waals surface area contributed by atoms with Gasteiger partial charge in [0.1, 0.15) is 11.5 Å². The van der Waals surface area contributed by atoms with Crippen LogP contribution in [0.25, 0.3) is 16.5 Å². The van der Waals surface area contributed by atoms with Crippen molar-refractivity contribution in [3.8, 4) is 5.75 Å². The molecule has 5 heteroatoms. The zero-order valence-corrected chi connectivity index (χ0v) is 21.4. The molecule has 4 aromatic rings. The number of hydrogen-bond donors (Lipinski definition) is 1. The molecule has 1 saturated heterocycles. The first kappa shape index (κ1) is 24.3. The van der Waals surface area contributed by atoms with Crippen LogP contribution < -0.4 is 9.64 Å². The maximum atomic E-state index is 13.5. The van der Waals surface area contributed by atoms with Gasteiger partial charge in [0.2, 0.25) is 0 Å². The highest BCUT2D eigenvalue weighted by Crippen LogP contribution is 2.43. The molecule has 4 aromatic carbocycles. The fraction of sp³-hybridized carbons (Fsp3) is 0.188. The highest BCUT2D eigenvalue weighted by atomic mass is 16.5. The Labute approximate surface area is 216 Å². The van der Waals surface area contributed by atoms with Gasteiger partial charge in [-0.15, -0.1) is 0 Å². The summed E-state index contributed by atoms with van der Waals surface area (Å²) in [4.78, 5) is 28.6. The largest absolute Gasteiger partial charge is 0.507 e. The highest BCUT2D eigenvalue weighted by Gasteiger charge is 2.47. The van der Waals surface area contributed by atoms with Crippen LogP contribution in [-0.4, -0.2) is 22.9 Å². The summed E-state index contributed by atoms with van der Waals surface area (Å²) < 4.78 is 5.91. The van der Waals surface area contributed by atoms with Crippen molar-refractivity contribution in [3.05, 3.63) is 113 Å². The predicted octanol–water partition coefficient (Wildman–Crippen LogP) is 6.87. The minimum Gasteiger partial charge on any atom is -0.507 e. The standard InChI is InChI=1S/C32H29NO4/c1-19(2)37-27-11-7-10-24(18-27)29-28(30(34)25-13-12-22-8-5-6-9-23(22)17-25)31(35)32(36)33(29)26-15-20(3)14-21(4)16-26/h5-19,29,34H,1-4H3/b30-28-. The number of nitrogens with zero attached hydrogens (tertiary/aromatic N) is 1. The van der Waals surface area contributed by atoms with Crippen molar-refractivity contribution in [2.75, 3.05) is 4.90 Å². The van der Waals surface area contributed by atoms with E-state index in [9.17, 15) is 14.7 Å². The van der Waals surface area contributed by atoms with Crippen molar-refractivity contribution in [1.82, 2.24) is 0 Å². The first-order valence-corrected chi connectivity index (χ1v) is 12.4. The summed E-state index contributed by atoms with van der Waals surface area (Å²) in [6.07, 6.45) is -0.0429. The van der Waals surface area contributed by atoms with Crippen molar-refractivity contribution in [1.29, 1.82) is 0 Å². The summed E-state index contributed by atoms with van der Waals surface area (Å²) in [6.45, 7) is 7.78. The Morgan fingerprint density at radius 3 is 2.24 bits per heavy atom. The zero-order valence-electron chi connectivity index (χ0n) is 21.4. The van der Waals surface area contributed by atoms with E-state index < -0.39 is 17.7 Å². The van der Waals surface area contributed by atoms with Crippen LogP contribution in [0.3, 0.4) is 0 Å². The molecule has 1 fully saturated rings. The van der Waals surface area contributed by atoms with Crippen LogP contribution in [0, 0.1) is 13.8 Å². The number of benzene rings is 4. The van der Waals surface area contributed by atoms with E-state index in [0.717, 1.165) is 21.9 Å². The maximum absolute atomic E-state index is 13.5. The van der Waals surface area contributed by atoms with Gasteiger partial charge in [0.25, 0.3) is 11.7 Å². The molecule has 5 nitrogen and oxygen atoms in total. The molecule has 0 aromatic heterocycles. The molecule has 37 heavy (non-hydrogen) atoms. The molecule has 1 unspecified atom stereocenters. The number of Topliss-reactive ketones (excluding diaryl/α,β-unsaturated/α-hetero) is 1. The number of aryl methyl sites for hydroxylation is 2. The van der Waals surface area contributed by atoms with Gasteiger partial charge in [-0.2, -0.15) is 0 Å². The molecular formula is C32H29NO4. The third kappa shape index (κ3) is 4.60. The molecule has 186 valence electrons. The van der Waals surface area contributed by atoms with E-state index >= 15 is 0 Å². The second-order valence-electron chi connectivity index (χ2n) is 9.82. The van der Waals surface area contributed by atoms with Gasteiger partial charge in [0.05, 0.1) is 17.7 Å². The molecule has 1 aliphatic rings. The Morgan fingerprint density at radius 2 is 1.54 bits per heavy atom. The summed E-state index contributed by atoms with van der Waals surface area (Å²) >= 11 is 0. The number of fused-ring (bicyclic) bond motifs is 1. The molecule has 1 amide bonds. The summed E-state index contributed by atoms with van der Waals surface area (Å²) in [5.41, 5.74) is 3.78. The summed E-state index contributed by atoms with van der Waals surface area (Å²) in [6, 6.07) is 25.7. The fourth-order valence-corrected chi connectivity index (χ4v) is 5.03. The van der Waals surface area contributed by atoms with E-state index in [1.807, 2.05) is 107 Å². The van der Waals surface area contributed by atoms with Crippen molar-refractivity contribution in [2.45, 2.75) is 39.8 Å². The number of carbonyl (C=O) groups excluding carboxylic acids is 2. The van der Waals surface area contributed by atoms with Gasteiger partial charge in [0, 0.05) is 11.3 Å². The van der Waals surface area contributed by atoms with Gasteiger partial charge in [-0.3, -0.25) is 14.5 Å². The summed E-state index contributed by atoms with van der Waals surface area (Å²) in [7, 11) is 0. The number of ether oxygens (including phenoxy) is 1. The van der Waals surface area contributed by atoms with Gasteiger partial charge in [-0.1, -0.05) is 54.6 Å². The molecule has 1 atom stereocenters. The van der Waals surface area contributed by atoms with Crippen molar-refractivity contribution in [3.63, 3.8) is 0 Å². The van der Waals surface area contributed by atoms with Gasteiger partial charge < -0.3 is 9.84 Å². The van der Waals surface area contributed by atoms with Crippen LogP contribution in [0.2, 0.25) is 0 Å². The SMILES string of the molecule is Cc1cc(C)cc(N2C(=O)C(=O)/C(=C(\O)c3ccc4ccccc4c3)C2c2cccc(OC(C)C)c2)c1. The second kappa shape index (κ2) is 9.58. The van der Waals surface area contributed by atoms with E-state index in [1.54, 1.807) is 6.07 Å². The number of aliphatic hydroxyl groups excluding tert-OH is 1. The van der Waals surface area contributed by atoms with E-state index in [4.69, 9.17) is 4.74 Å². The second-order valence-corrected chi connectivity index (χ2v) is 9.82. The molecule has 1 aliphatic heterocycles. The quantitative estimate of drug-likeness (QED) is 0.188. The van der Waals surface area contributed by atoms with E-state index in [2.05, 4.69) is 0 Å². The molecule has 0 radical (unpaired) electrons. The first-order chi connectivity index (χ1) is 17.7. The molecule has 0 bridgehead atoms. The number of anilines is 1. The van der Waals surface area contributed by atoms with E-state index in [0.29, 0.717) is 22.6 Å². The average Bonchev–Trinajstić information content (AvgIpc) is 3.13. The lowest BCUT2D eigenvalue weighted by Gasteiger charge is -2.26. The molecule has 5 rings (SSSR count). The Kier molecular flexibility index (Phi) is 6.30. The molecule has 0 saturated carbocycles. The summed E-state index contributed by atoms with van der Waals surface area (Å²) in [5, 5.41) is 13.5. The third-order valence-corrected chi connectivity index (χ3v) is 6.50. The minimum atomic E-state index is -0.816. The Balaban J connectivity index is 1.73. The third-order valence-electron chi connectivity index (χ3n) is 6.50. The topological polar surface area (TPSA) is 66.8 Å². The maximum Gasteiger partial charge on any atom is 0.300 e. The van der Waals surface area contributed by atoms with Crippen molar-refractivity contribution in [2.24, 2.45) is 0 Å². The zero-order chi connectivity index (χ0) is 26.3. The molecule has 0 aliphatic carbocycles. The van der Waals surface area contributed by atoms with Gasteiger partial charge in [-0.25, -0.2) is 0 Å². The average molecular weight is 492 g/mol. The molecule has 1 heterocycles. The predicted molar refractivity (Wildman–Crippen MR) is 147 cm³/mol. The van der Waals surface area contributed by atoms with Gasteiger partial charge >= 0.3 is 0 Å². The monoisotopic (exact) mass is 491 g/mol. The number of carbonyl (C=O) groups is 2. The lowest BCUT2D eigenvalue weighted by Crippen LogP contribution is -2.29. The van der Waals surface area contributed by atoms with E-state index in [1.165, 1.54) is 4.90 Å². The molecule has 1 N–H and O–H groups in total. The highest BCUT2D eigenvalue weighted by molar-refractivity contribution is 6.51. The molecular weight excluding hydrogens is 462 g/mol. The number of amides is 1. The van der Waals surface area contributed by atoms with Crippen LogP contribution in [0.5, 0.6) is 5.75 Å². The summed E-state index contributed by atoms with van der Waals surface area (Å²) in [5.74, 6) is -0.960. The Morgan fingerprint density at radius 1 is 0.838 bits per heavy atom. The van der Waals surface area contributed by atoms with Gasteiger partial charge in [0.15, 0.2) is 0 Å². The minimum absolute atomic E-state index is 0.0429. The van der Waals surface area contributed by atoms with Crippen LogP contribution in [0.4, 0.5) is 5.69 Å². The van der Waals surface area contributed by atoms with E-state index in [-0.39, 0.29) is 17.4 Å². The fourth-order valence-electron chi connectivity index (χ4n) is 5.03. The number of ketones is 1. The van der Waals surface area contributed by atoms with Crippen molar-refractivity contribution >= 4 is 33.9 Å². The van der Waals surface area contributed by atoms with Crippen LogP contribution >= 0.6 is 0 Å². The van der Waals surface area contributed by atoms with Crippen LogP contribution in [0.15, 0.2) is 90.5 Å². The lowest BCUT2D eigenvalue weighted by atomic mass is 9.94. The Bertz CT molecular complexity index is 1550. The van der Waals surface area contributed by atoms with Crippen molar-refractivity contribution < 1.29 is 19.4 Å².